The molecule has 1 heterocycles. The molecule has 2 rings (SSSR count). The predicted molar refractivity (Wildman–Crippen MR) is 73.3 cm³/mol. The van der Waals surface area contributed by atoms with Gasteiger partial charge in [0.05, 0.1) is 5.52 Å². The van der Waals surface area contributed by atoms with Crippen molar-refractivity contribution in [3.63, 3.8) is 0 Å². The van der Waals surface area contributed by atoms with Gasteiger partial charge in [-0.15, -0.1) is 0 Å². The quantitative estimate of drug-likeness (QED) is 0.928. The molecule has 0 aliphatic heterocycles. The van der Waals surface area contributed by atoms with Gasteiger partial charge in [-0.1, -0.05) is 0 Å². The maximum absolute atomic E-state index is 12.1. The Morgan fingerprint density at radius 2 is 2.11 bits per heavy atom. The van der Waals surface area contributed by atoms with Crippen molar-refractivity contribution in [1.82, 2.24) is 4.57 Å². The van der Waals surface area contributed by atoms with E-state index in [1.807, 2.05) is 19.9 Å². The zero-order valence-electron chi connectivity index (χ0n) is 10.0. The summed E-state index contributed by atoms with van der Waals surface area (Å²) in [6, 6.07) is 3.63. The molecule has 94 valence electrons. The van der Waals surface area contributed by atoms with Crippen molar-refractivity contribution in [1.29, 1.82) is 0 Å². The second kappa shape index (κ2) is 4.57. The molecule has 0 saturated heterocycles. The topological polar surface area (TPSA) is 59.3 Å². The van der Waals surface area contributed by atoms with Crippen LogP contribution < -0.4 is 5.43 Å². The molecule has 0 bridgehead atoms. The molecule has 0 radical (unpaired) electrons. The van der Waals surface area contributed by atoms with Gasteiger partial charge in [0.1, 0.15) is 5.56 Å². The second-order valence-electron chi connectivity index (χ2n) is 4.11. The molecule has 0 saturated carbocycles. The summed E-state index contributed by atoms with van der Waals surface area (Å²) in [7, 11) is 0. The number of nitrogens with zero attached hydrogens (tertiary/aromatic N) is 1. The number of pyridine rings is 1. The minimum absolute atomic E-state index is 0.193. The Bertz CT molecular complexity index is 703. The molecule has 0 spiro atoms. The van der Waals surface area contributed by atoms with E-state index in [4.69, 9.17) is 5.11 Å². The average Bonchev–Trinajstić information content (AvgIpc) is 2.29. The maximum atomic E-state index is 12.1. The first-order valence-electron chi connectivity index (χ1n) is 5.52. The van der Waals surface area contributed by atoms with Gasteiger partial charge in [-0.25, -0.2) is 4.79 Å². The first-order valence-corrected chi connectivity index (χ1v) is 6.31. The number of hydrogen-bond donors (Lipinski definition) is 1. The number of carboxylic acid groups (broad SMARTS) is 1. The molecular formula is C13H12BrNO3. The van der Waals surface area contributed by atoms with E-state index in [0.29, 0.717) is 11.9 Å². The summed E-state index contributed by atoms with van der Waals surface area (Å²) in [5.41, 5.74) is 1.02. The summed E-state index contributed by atoms with van der Waals surface area (Å²) in [4.78, 5) is 23.2. The minimum Gasteiger partial charge on any atom is -0.477 e. The number of carboxylic acids is 1. The Morgan fingerprint density at radius 1 is 1.44 bits per heavy atom. The summed E-state index contributed by atoms with van der Waals surface area (Å²) in [6.45, 7) is 4.37. The third-order valence-electron chi connectivity index (χ3n) is 2.84. The molecule has 0 aliphatic rings. The van der Waals surface area contributed by atoms with Gasteiger partial charge in [0.2, 0.25) is 5.43 Å². The molecule has 1 aromatic carbocycles. The van der Waals surface area contributed by atoms with Gasteiger partial charge in [-0.05, 0) is 47.5 Å². The SMILES string of the molecule is CCn1cc(C(=O)O)c(=O)c2cc(C)cc(Br)c21. The summed E-state index contributed by atoms with van der Waals surface area (Å²) < 4.78 is 2.57. The van der Waals surface area contributed by atoms with E-state index >= 15 is 0 Å². The Balaban J connectivity index is 3.03. The number of rotatable bonds is 2. The smallest absolute Gasteiger partial charge is 0.341 e. The number of carbonyl (C=O) groups is 1. The van der Waals surface area contributed by atoms with Crippen molar-refractivity contribution in [2.75, 3.05) is 0 Å². The van der Waals surface area contributed by atoms with Crippen LogP contribution in [0.4, 0.5) is 0 Å². The standard InChI is InChI=1S/C13H12BrNO3/c1-3-15-6-9(13(17)18)12(16)8-4-7(2)5-10(14)11(8)15/h4-6H,3H2,1-2H3,(H,17,18). The van der Waals surface area contributed by atoms with E-state index in [-0.39, 0.29) is 5.56 Å². The Morgan fingerprint density at radius 3 is 2.67 bits per heavy atom. The number of aromatic carboxylic acids is 1. The van der Waals surface area contributed by atoms with Gasteiger partial charge in [-0.2, -0.15) is 0 Å². The minimum atomic E-state index is -1.19. The van der Waals surface area contributed by atoms with Gasteiger partial charge in [0, 0.05) is 22.6 Å². The summed E-state index contributed by atoms with van der Waals surface area (Å²) >= 11 is 3.43. The van der Waals surface area contributed by atoms with Gasteiger partial charge >= 0.3 is 5.97 Å². The zero-order chi connectivity index (χ0) is 13.4. The van der Waals surface area contributed by atoms with Gasteiger partial charge in [0.25, 0.3) is 0 Å². The fourth-order valence-electron chi connectivity index (χ4n) is 2.03. The maximum Gasteiger partial charge on any atom is 0.341 e. The number of fused-ring (bicyclic) bond motifs is 1. The highest BCUT2D eigenvalue weighted by molar-refractivity contribution is 9.10. The summed E-state index contributed by atoms with van der Waals surface area (Å²) in [5, 5.41) is 9.49. The Labute approximate surface area is 112 Å². The van der Waals surface area contributed by atoms with Crippen LogP contribution in [-0.2, 0) is 6.54 Å². The van der Waals surface area contributed by atoms with Crippen LogP contribution in [0.25, 0.3) is 10.9 Å². The van der Waals surface area contributed by atoms with Crippen molar-refractivity contribution in [3.8, 4) is 0 Å². The molecule has 2 aromatic rings. The molecule has 0 unspecified atom stereocenters. The highest BCUT2D eigenvalue weighted by Crippen LogP contribution is 2.24. The number of benzene rings is 1. The molecule has 0 aliphatic carbocycles. The number of aryl methyl sites for hydroxylation is 2. The number of aromatic nitrogens is 1. The van der Waals surface area contributed by atoms with E-state index in [1.54, 1.807) is 10.6 Å². The van der Waals surface area contributed by atoms with Crippen LogP contribution in [0.15, 0.2) is 27.6 Å². The van der Waals surface area contributed by atoms with Crippen LogP contribution in [0.1, 0.15) is 22.8 Å². The van der Waals surface area contributed by atoms with Crippen molar-refractivity contribution >= 4 is 32.8 Å². The van der Waals surface area contributed by atoms with E-state index in [0.717, 1.165) is 15.6 Å². The molecule has 5 heteroatoms. The predicted octanol–water partition coefficient (Wildman–Crippen LogP) is 2.79. The lowest BCUT2D eigenvalue weighted by Crippen LogP contribution is -2.19. The molecule has 18 heavy (non-hydrogen) atoms. The number of hydrogen-bond acceptors (Lipinski definition) is 2. The lowest BCUT2D eigenvalue weighted by Gasteiger charge is -2.12. The largest absolute Gasteiger partial charge is 0.477 e. The third kappa shape index (κ3) is 1.95. The van der Waals surface area contributed by atoms with E-state index in [1.165, 1.54) is 6.20 Å². The Kier molecular flexibility index (Phi) is 3.26. The van der Waals surface area contributed by atoms with E-state index < -0.39 is 11.4 Å². The second-order valence-corrected chi connectivity index (χ2v) is 4.96. The lowest BCUT2D eigenvalue weighted by molar-refractivity contribution is 0.0695. The fraction of sp³-hybridized carbons (Fsp3) is 0.231. The van der Waals surface area contributed by atoms with Crippen LogP contribution in [0.3, 0.4) is 0 Å². The first-order chi connectivity index (χ1) is 8.45. The molecule has 4 nitrogen and oxygen atoms in total. The zero-order valence-corrected chi connectivity index (χ0v) is 11.6. The normalized spacial score (nSPS) is 10.8. The third-order valence-corrected chi connectivity index (χ3v) is 3.44. The van der Waals surface area contributed by atoms with Gasteiger partial charge in [-0.3, -0.25) is 4.79 Å². The molecule has 0 fully saturated rings. The summed E-state index contributed by atoms with van der Waals surface area (Å²) in [6.07, 6.45) is 1.40. The van der Waals surface area contributed by atoms with Crippen LogP contribution in [0, 0.1) is 6.92 Å². The van der Waals surface area contributed by atoms with Gasteiger partial charge < -0.3 is 9.67 Å². The molecular weight excluding hydrogens is 298 g/mol. The average molecular weight is 310 g/mol. The molecule has 0 amide bonds. The van der Waals surface area contributed by atoms with Crippen LogP contribution in [0.5, 0.6) is 0 Å². The van der Waals surface area contributed by atoms with Crippen molar-refractivity contribution in [2.24, 2.45) is 0 Å². The van der Waals surface area contributed by atoms with Crippen LogP contribution >= 0.6 is 15.9 Å². The van der Waals surface area contributed by atoms with Crippen molar-refractivity contribution in [3.05, 3.63) is 44.2 Å². The van der Waals surface area contributed by atoms with Crippen LogP contribution in [-0.4, -0.2) is 15.6 Å². The highest BCUT2D eigenvalue weighted by atomic mass is 79.9. The first kappa shape index (κ1) is 12.8. The summed E-state index contributed by atoms with van der Waals surface area (Å²) in [5.74, 6) is -1.19. The van der Waals surface area contributed by atoms with E-state index in [9.17, 15) is 9.59 Å². The monoisotopic (exact) mass is 309 g/mol. The van der Waals surface area contributed by atoms with Crippen molar-refractivity contribution < 1.29 is 9.90 Å². The van der Waals surface area contributed by atoms with Crippen molar-refractivity contribution in [2.45, 2.75) is 20.4 Å². The molecule has 0 atom stereocenters. The van der Waals surface area contributed by atoms with E-state index in [2.05, 4.69) is 15.9 Å². The molecule has 1 N–H and O–H groups in total. The lowest BCUT2D eigenvalue weighted by atomic mass is 10.1. The number of halogens is 1. The fourth-order valence-corrected chi connectivity index (χ4v) is 2.83. The highest BCUT2D eigenvalue weighted by Gasteiger charge is 2.15. The Hall–Kier alpha value is -1.62. The van der Waals surface area contributed by atoms with Gasteiger partial charge in [0.15, 0.2) is 0 Å². The van der Waals surface area contributed by atoms with Crippen LogP contribution in [0.2, 0.25) is 0 Å². The molecule has 1 aromatic heterocycles.